The lowest BCUT2D eigenvalue weighted by atomic mass is 10.1. The third-order valence-electron chi connectivity index (χ3n) is 4.04. The lowest BCUT2D eigenvalue weighted by Gasteiger charge is -2.26. The van der Waals surface area contributed by atoms with E-state index in [9.17, 15) is 14.3 Å². The van der Waals surface area contributed by atoms with Crippen LogP contribution in [-0.4, -0.2) is 40.2 Å². The molecule has 0 spiro atoms. The van der Waals surface area contributed by atoms with Crippen LogP contribution in [0.5, 0.6) is 5.75 Å². The first kappa shape index (κ1) is 16.4. The van der Waals surface area contributed by atoms with Gasteiger partial charge in [-0.05, 0) is 36.6 Å². The zero-order valence-electron chi connectivity index (χ0n) is 13.2. The standard InChI is InChI=1S/C18H19FN2O3/c19-15-6-1-7-16(22)17(15)18(23)21(12-14-5-3-9-24-14)11-13-4-2-8-20-10-13/h1-2,4,6-8,10,14,22H,3,5,9,11-12H2. The number of benzene rings is 1. The van der Waals surface area contributed by atoms with Gasteiger partial charge in [0.2, 0.25) is 0 Å². The average molecular weight is 330 g/mol. The van der Waals surface area contributed by atoms with Gasteiger partial charge >= 0.3 is 0 Å². The molecule has 5 nitrogen and oxygen atoms in total. The fraction of sp³-hybridized carbons (Fsp3) is 0.333. The van der Waals surface area contributed by atoms with Gasteiger partial charge in [-0.3, -0.25) is 9.78 Å². The second-order valence-electron chi connectivity index (χ2n) is 5.82. The minimum Gasteiger partial charge on any atom is -0.507 e. The number of ether oxygens (including phenoxy) is 1. The van der Waals surface area contributed by atoms with Crippen LogP contribution in [0.3, 0.4) is 0 Å². The van der Waals surface area contributed by atoms with E-state index in [-0.39, 0.29) is 24.0 Å². The highest BCUT2D eigenvalue weighted by Crippen LogP contribution is 2.24. The molecule has 1 atom stereocenters. The van der Waals surface area contributed by atoms with Gasteiger partial charge in [0, 0.05) is 32.1 Å². The van der Waals surface area contributed by atoms with Crippen molar-refractivity contribution in [1.82, 2.24) is 9.88 Å². The number of pyridine rings is 1. The fourth-order valence-corrected chi connectivity index (χ4v) is 2.85. The number of aromatic nitrogens is 1. The molecule has 1 amide bonds. The topological polar surface area (TPSA) is 62.7 Å². The molecule has 24 heavy (non-hydrogen) atoms. The minimum absolute atomic E-state index is 0.0699. The highest BCUT2D eigenvalue weighted by Gasteiger charge is 2.27. The SMILES string of the molecule is O=C(c1c(O)cccc1F)N(Cc1cccnc1)CC1CCCO1. The maximum Gasteiger partial charge on any atom is 0.261 e. The van der Waals surface area contributed by atoms with Gasteiger partial charge in [0.25, 0.3) is 5.91 Å². The van der Waals surface area contributed by atoms with Crippen molar-refractivity contribution in [3.05, 3.63) is 59.7 Å². The summed E-state index contributed by atoms with van der Waals surface area (Å²) in [5.41, 5.74) is 0.527. The van der Waals surface area contributed by atoms with Crippen molar-refractivity contribution < 1.29 is 19.0 Å². The van der Waals surface area contributed by atoms with Crippen LogP contribution < -0.4 is 0 Å². The molecule has 6 heteroatoms. The van der Waals surface area contributed by atoms with E-state index in [4.69, 9.17) is 4.74 Å². The van der Waals surface area contributed by atoms with Gasteiger partial charge in [-0.15, -0.1) is 0 Å². The Morgan fingerprint density at radius 1 is 1.38 bits per heavy atom. The van der Waals surface area contributed by atoms with E-state index in [2.05, 4.69) is 4.98 Å². The van der Waals surface area contributed by atoms with E-state index in [1.54, 1.807) is 18.5 Å². The first-order valence-electron chi connectivity index (χ1n) is 7.92. The Hall–Kier alpha value is -2.47. The number of phenolic OH excluding ortho intramolecular Hbond substituents is 1. The van der Waals surface area contributed by atoms with Crippen molar-refractivity contribution in [2.45, 2.75) is 25.5 Å². The zero-order chi connectivity index (χ0) is 16.9. The molecule has 0 aliphatic carbocycles. The summed E-state index contributed by atoms with van der Waals surface area (Å²) >= 11 is 0. The predicted octanol–water partition coefficient (Wildman–Crippen LogP) is 2.75. The van der Waals surface area contributed by atoms with Gasteiger partial charge < -0.3 is 14.7 Å². The number of nitrogens with zero attached hydrogens (tertiary/aromatic N) is 2. The molecular weight excluding hydrogens is 311 g/mol. The molecule has 1 aromatic carbocycles. The van der Waals surface area contributed by atoms with Crippen molar-refractivity contribution in [2.24, 2.45) is 0 Å². The number of carbonyl (C=O) groups excluding carboxylic acids is 1. The van der Waals surface area contributed by atoms with Crippen molar-refractivity contribution in [3.63, 3.8) is 0 Å². The van der Waals surface area contributed by atoms with Crippen molar-refractivity contribution in [2.75, 3.05) is 13.2 Å². The Morgan fingerprint density at radius 2 is 2.25 bits per heavy atom. The highest BCUT2D eigenvalue weighted by molar-refractivity contribution is 5.97. The molecule has 1 fully saturated rings. The highest BCUT2D eigenvalue weighted by atomic mass is 19.1. The molecule has 1 aliphatic heterocycles. The van der Waals surface area contributed by atoms with Crippen LogP contribution in [0.4, 0.5) is 4.39 Å². The molecule has 0 bridgehead atoms. The van der Waals surface area contributed by atoms with Crippen LogP contribution in [-0.2, 0) is 11.3 Å². The van der Waals surface area contributed by atoms with Crippen LogP contribution in [0, 0.1) is 5.82 Å². The molecule has 2 aromatic rings. The Labute approximate surface area is 139 Å². The zero-order valence-corrected chi connectivity index (χ0v) is 13.2. The van der Waals surface area contributed by atoms with Crippen LogP contribution in [0.2, 0.25) is 0 Å². The van der Waals surface area contributed by atoms with Crippen molar-refractivity contribution >= 4 is 5.91 Å². The Morgan fingerprint density at radius 3 is 2.92 bits per heavy atom. The normalized spacial score (nSPS) is 17.0. The molecule has 0 radical (unpaired) electrons. The second kappa shape index (κ2) is 7.40. The number of hydrogen-bond donors (Lipinski definition) is 1. The third-order valence-corrected chi connectivity index (χ3v) is 4.04. The largest absolute Gasteiger partial charge is 0.507 e. The van der Waals surface area contributed by atoms with Crippen molar-refractivity contribution in [1.29, 1.82) is 0 Å². The smallest absolute Gasteiger partial charge is 0.261 e. The van der Waals surface area contributed by atoms with Gasteiger partial charge in [0.15, 0.2) is 0 Å². The number of hydrogen-bond acceptors (Lipinski definition) is 4. The van der Waals surface area contributed by atoms with Gasteiger partial charge in [-0.2, -0.15) is 0 Å². The number of halogens is 1. The van der Waals surface area contributed by atoms with Crippen LogP contribution >= 0.6 is 0 Å². The van der Waals surface area contributed by atoms with Crippen LogP contribution in [0.15, 0.2) is 42.7 Å². The summed E-state index contributed by atoms with van der Waals surface area (Å²) in [7, 11) is 0. The monoisotopic (exact) mass is 330 g/mol. The Balaban J connectivity index is 1.86. The molecule has 126 valence electrons. The first-order chi connectivity index (χ1) is 11.6. The molecule has 1 N–H and O–H groups in total. The number of carbonyl (C=O) groups is 1. The lowest BCUT2D eigenvalue weighted by Crippen LogP contribution is -2.37. The number of aromatic hydroxyl groups is 1. The molecular formula is C18H19FN2O3. The molecule has 1 unspecified atom stereocenters. The van der Waals surface area contributed by atoms with Gasteiger partial charge in [0.05, 0.1) is 6.10 Å². The molecule has 1 aliphatic rings. The van der Waals surface area contributed by atoms with E-state index in [1.807, 2.05) is 6.07 Å². The van der Waals surface area contributed by atoms with Gasteiger partial charge in [0.1, 0.15) is 17.1 Å². The van der Waals surface area contributed by atoms with E-state index < -0.39 is 11.7 Å². The Kier molecular flexibility index (Phi) is 5.05. The van der Waals surface area contributed by atoms with E-state index in [0.717, 1.165) is 18.4 Å². The van der Waals surface area contributed by atoms with Crippen LogP contribution in [0.1, 0.15) is 28.8 Å². The summed E-state index contributed by atoms with van der Waals surface area (Å²) in [4.78, 5) is 18.4. The maximum absolute atomic E-state index is 14.1. The quantitative estimate of drug-likeness (QED) is 0.916. The first-order valence-corrected chi connectivity index (χ1v) is 7.92. The summed E-state index contributed by atoms with van der Waals surface area (Å²) in [6.45, 7) is 1.30. The van der Waals surface area contributed by atoms with E-state index in [1.165, 1.54) is 23.1 Å². The number of rotatable bonds is 5. The molecule has 1 aromatic heterocycles. The fourth-order valence-electron chi connectivity index (χ4n) is 2.85. The van der Waals surface area contributed by atoms with E-state index in [0.29, 0.717) is 13.2 Å². The average Bonchev–Trinajstić information content (AvgIpc) is 3.08. The Bertz CT molecular complexity index is 682. The summed E-state index contributed by atoms with van der Waals surface area (Å²) in [6.07, 6.45) is 5.06. The van der Waals surface area contributed by atoms with E-state index >= 15 is 0 Å². The van der Waals surface area contributed by atoms with Gasteiger partial charge in [-0.25, -0.2) is 4.39 Å². The molecule has 1 saturated heterocycles. The number of amides is 1. The van der Waals surface area contributed by atoms with Crippen LogP contribution in [0.25, 0.3) is 0 Å². The van der Waals surface area contributed by atoms with Gasteiger partial charge in [-0.1, -0.05) is 12.1 Å². The second-order valence-corrected chi connectivity index (χ2v) is 5.82. The third kappa shape index (κ3) is 3.71. The predicted molar refractivity (Wildman–Crippen MR) is 86.0 cm³/mol. The lowest BCUT2D eigenvalue weighted by molar-refractivity contribution is 0.0501. The minimum atomic E-state index is -0.733. The number of phenols is 1. The summed E-state index contributed by atoms with van der Waals surface area (Å²) in [5, 5.41) is 9.91. The summed E-state index contributed by atoms with van der Waals surface area (Å²) in [6, 6.07) is 7.48. The maximum atomic E-state index is 14.1. The molecule has 3 rings (SSSR count). The molecule has 0 saturated carbocycles. The molecule has 2 heterocycles. The van der Waals surface area contributed by atoms with Crippen molar-refractivity contribution in [3.8, 4) is 5.75 Å². The summed E-state index contributed by atoms with van der Waals surface area (Å²) < 4.78 is 19.7. The summed E-state index contributed by atoms with van der Waals surface area (Å²) in [5.74, 6) is -1.64.